The number of hydrogen-bond donors (Lipinski definition) is 3. The van der Waals surface area contributed by atoms with E-state index >= 15 is 0 Å². The number of hydrogen-bond acceptors (Lipinski definition) is 4. The molecule has 0 aromatic heterocycles. The van der Waals surface area contributed by atoms with Gasteiger partial charge in [0.25, 0.3) is 0 Å². The number of benzene rings is 1. The highest BCUT2D eigenvalue weighted by atomic mass is 16.5. The number of carbonyl (C=O) groups excluding carboxylic acids is 1. The zero-order valence-electron chi connectivity index (χ0n) is 12.3. The number of carboxylic acids is 1. The van der Waals surface area contributed by atoms with Gasteiger partial charge in [-0.2, -0.15) is 0 Å². The second-order valence-electron chi connectivity index (χ2n) is 5.16. The van der Waals surface area contributed by atoms with Crippen molar-refractivity contribution < 1.29 is 24.5 Å². The fourth-order valence-electron chi connectivity index (χ4n) is 1.92. The van der Waals surface area contributed by atoms with Crippen LogP contribution in [-0.2, 0) is 16.0 Å². The first-order valence-electron chi connectivity index (χ1n) is 6.67. The van der Waals surface area contributed by atoms with Gasteiger partial charge in [-0.1, -0.05) is 18.2 Å². The summed E-state index contributed by atoms with van der Waals surface area (Å²) in [6.07, 6.45) is 0.334. The normalized spacial score (nSPS) is 13.3. The van der Waals surface area contributed by atoms with Crippen molar-refractivity contribution >= 4 is 11.9 Å². The van der Waals surface area contributed by atoms with Gasteiger partial charge in [-0.3, -0.25) is 9.59 Å². The van der Waals surface area contributed by atoms with Crippen LogP contribution in [0.5, 0.6) is 5.75 Å². The molecule has 1 rings (SSSR count). The number of aliphatic carboxylic acids is 1. The monoisotopic (exact) mass is 295 g/mol. The maximum Gasteiger partial charge on any atom is 0.306 e. The van der Waals surface area contributed by atoms with Crippen LogP contribution >= 0.6 is 0 Å². The third-order valence-electron chi connectivity index (χ3n) is 3.01. The highest BCUT2D eigenvalue weighted by molar-refractivity contribution is 5.76. The van der Waals surface area contributed by atoms with E-state index in [9.17, 15) is 14.7 Å². The number of methoxy groups -OCH3 is 1. The number of amides is 1. The SMILES string of the molecule is COc1ccccc1CCC(=O)NCC(C)(O)CC(=O)O. The van der Waals surface area contributed by atoms with Crippen LogP contribution in [0.1, 0.15) is 25.3 Å². The second-order valence-corrected chi connectivity index (χ2v) is 5.16. The third kappa shape index (κ3) is 6.27. The predicted octanol–water partition coefficient (Wildman–Crippen LogP) is 0.970. The summed E-state index contributed by atoms with van der Waals surface area (Å²) in [5.74, 6) is -0.627. The Hall–Kier alpha value is -2.08. The van der Waals surface area contributed by atoms with Crippen molar-refractivity contribution in [2.75, 3.05) is 13.7 Å². The molecule has 0 fully saturated rings. The molecule has 116 valence electrons. The quantitative estimate of drug-likeness (QED) is 0.664. The van der Waals surface area contributed by atoms with Crippen LogP contribution in [0.3, 0.4) is 0 Å². The smallest absolute Gasteiger partial charge is 0.306 e. The van der Waals surface area contributed by atoms with Crippen molar-refractivity contribution in [2.24, 2.45) is 0 Å². The molecule has 0 bridgehead atoms. The van der Waals surface area contributed by atoms with E-state index in [1.165, 1.54) is 6.92 Å². The Labute approximate surface area is 123 Å². The molecule has 0 radical (unpaired) electrons. The van der Waals surface area contributed by atoms with Crippen LogP contribution < -0.4 is 10.1 Å². The van der Waals surface area contributed by atoms with Gasteiger partial charge in [0, 0.05) is 13.0 Å². The molecule has 0 spiro atoms. The molecule has 3 N–H and O–H groups in total. The van der Waals surface area contributed by atoms with E-state index < -0.39 is 18.0 Å². The highest BCUT2D eigenvalue weighted by Crippen LogP contribution is 2.18. The van der Waals surface area contributed by atoms with E-state index in [4.69, 9.17) is 9.84 Å². The number of rotatable bonds is 8. The zero-order valence-corrected chi connectivity index (χ0v) is 12.3. The molecule has 0 aliphatic carbocycles. The first-order valence-corrected chi connectivity index (χ1v) is 6.67. The van der Waals surface area contributed by atoms with Gasteiger partial charge in [0.15, 0.2) is 0 Å². The van der Waals surface area contributed by atoms with Gasteiger partial charge in [-0.25, -0.2) is 0 Å². The Kier molecular flexibility index (Phi) is 6.17. The van der Waals surface area contributed by atoms with Crippen molar-refractivity contribution in [3.8, 4) is 5.75 Å². The summed E-state index contributed by atoms with van der Waals surface area (Å²) >= 11 is 0. The number of aryl methyl sites for hydroxylation is 1. The average Bonchev–Trinajstić information content (AvgIpc) is 2.42. The maximum absolute atomic E-state index is 11.7. The zero-order chi connectivity index (χ0) is 15.9. The number of nitrogens with one attached hydrogen (secondary N) is 1. The molecule has 0 aliphatic heterocycles. The van der Waals surface area contributed by atoms with Gasteiger partial charge < -0.3 is 20.3 Å². The minimum absolute atomic E-state index is 0.0932. The summed E-state index contributed by atoms with van der Waals surface area (Å²) < 4.78 is 5.20. The van der Waals surface area contributed by atoms with Crippen molar-refractivity contribution in [1.29, 1.82) is 0 Å². The molecule has 1 unspecified atom stereocenters. The summed E-state index contributed by atoms with van der Waals surface area (Å²) in [5, 5.41) is 21.0. The third-order valence-corrected chi connectivity index (χ3v) is 3.01. The van der Waals surface area contributed by atoms with Gasteiger partial charge >= 0.3 is 5.97 Å². The van der Waals surface area contributed by atoms with E-state index in [1.807, 2.05) is 24.3 Å². The lowest BCUT2D eigenvalue weighted by atomic mass is 10.0. The lowest BCUT2D eigenvalue weighted by Gasteiger charge is -2.21. The van der Waals surface area contributed by atoms with E-state index in [-0.39, 0.29) is 18.9 Å². The topological polar surface area (TPSA) is 95.9 Å². The summed E-state index contributed by atoms with van der Waals surface area (Å²) in [6.45, 7) is 1.28. The summed E-state index contributed by atoms with van der Waals surface area (Å²) in [5.41, 5.74) is -0.529. The first kappa shape index (κ1) is 17.0. The Morgan fingerprint density at radius 3 is 2.62 bits per heavy atom. The molecular weight excluding hydrogens is 274 g/mol. The lowest BCUT2D eigenvalue weighted by Crippen LogP contribution is -2.42. The van der Waals surface area contributed by atoms with Crippen LogP contribution in [0.25, 0.3) is 0 Å². The van der Waals surface area contributed by atoms with Crippen molar-refractivity contribution in [3.63, 3.8) is 0 Å². The summed E-state index contributed by atoms with van der Waals surface area (Å²) in [6, 6.07) is 7.43. The first-order chi connectivity index (χ1) is 9.84. The molecule has 0 aliphatic rings. The van der Waals surface area contributed by atoms with E-state index in [0.717, 1.165) is 11.3 Å². The summed E-state index contributed by atoms with van der Waals surface area (Å²) in [4.78, 5) is 22.3. The Bertz CT molecular complexity index is 499. The van der Waals surface area contributed by atoms with Crippen LogP contribution in [0.2, 0.25) is 0 Å². The van der Waals surface area contributed by atoms with Crippen LogP contribution in [0.4, 0.5) is 0 Å². The maximum atomic E-state index is 11.7. The number of para-hydroxylation sites is 1. The molecule has 6 nitrogen and oxygen atoms in total. The fourth-order valence-corrected chi connectivity index (χ4v) is 1.92. The predicted molar refractivity (Wildman–Crippen MR) is 77.2 cm³/mol. The molecule has 0 saturated heterocycles. The molecule has 1 atom stereocenters. The Morgan fingerprint density at radius 2 is 2.00 bits per heavy atom. The van der Waals surface area contributed by atoms with Crippen molar-refractivity contribution in [1.82, 2.24) is 5.32 Å². The van der Waals surface area contributed by atoms with Gasteiger partial charge in [0.2, 0.25) is 5.91 Å². The van der Waals surface area contributed by atoms with Crippen molar-refractivity contribution in [3.05, 3.63) is 29.8 Å². The number of carbonyl (C=O) groups is 2. The standard InChI is InChI=1S/C15H21NO5/c1-15(20,9-14(18)19)10-16-13(17)8-7-11-5-3-4-6-12(11)21-2/h3-6,20H,7-10H2,1-2H3,(H,16,17)(H,18,19). The molecule has 1 aromatic carbocycles. The number of aliphatic hydroxyl groups is 1. The molecule has 0 heterocycles. The van der Waals surface area contributed by atoms with Gasteiger partial charge in [-0.15, -0.1) is 0 Å². The van der Waals surface area contributed by atoms with E-state index in [2.05, 4.69) is 5.32 Å². The number of carboxylic acid groups (broad SMARTS) is 1. The molecule has 0 saturated carbocycles. The molecular formula is C15H21NO5. The van der Waals surface area contributed by atoms with Gasteiger partial charge in [-0.05, 0) is 25.0 Å². The molecule has 1 amide bonds. The van der Waals surface area contributed by atoms with E-state index in [1.54, 1.807) is 7.11 Å². The van der Waals surface area contributed by atoms with Crippen LogP contribution in [0, 0.1) is 0 Å². The molecule has 21 heavy (non-hydrogen) atoms. The molecule has 1 aromatic rings. The lowest BCUT2D eigenvalue weighted by molar-refractivity contribution is -0.142. The second kappa shape index (κ2) is 7.64. The van der Waals surface area contributed by atoms with Gasteiger partial charge in [0.1, 0.15) is 5.75 Å². The van der Waals surface area contributed by atoms with Crippen LogP contribution in [0.15, 0.2) is 24.3 Å². The largest absolute Gasteiger partial charge is 0.496 e. The minimum Gasteiger partial charge on any atom is -0.496 e. The van der Waals surface area contributed by atoms with Crippen molar-refractivity contribution in [2.45, 2.75) is 31.8 Å². The summed E-state index contributed by atoms with van der Waals surface area (Å²) in [7, 11) is 1.57. The molecule has 6 heteroatoms. The van der Waals surface area contributed by atoms with Crippen LogP contribution in [-0.4, -0.2) is 41.3 Å². The average molecular weight is 295 g/mol. The Balaban J connectivity index is 2.42. The van der Waals surface area contributed by atoms with E-state index in [0.29, 0.717) is 6.42 Å². The van der Waals surface area contributed by atoms with Gasteiger partial charge in [0.05, 0.1) is 19.1 Å². The highest BCUT2D eigenvalue weighted by Gasteiger charge is 2.24. The Morgan fingerprint density at radius 1 is 1.33 bits per heavy atom. The minimum atomic E-state index is -1.45. The number of ether oxygens (including phenoxy) is 1. The fraction of sp³-hybridized carbons (Fsp3) is 0.467.